The van der Waals surface area contributed by atoms with Crippen molar-refractivity contribution in [2.24, 2.45) is 0 Å². The van der Waals surface area contributed by atoms with Gasteiger partial charge in [-0.1, -0.05) is 6.07 Å². The van der Waals surface area contributed by atoms with Crippen molar-refractivity contribution in [3.05, 3.63) is 30.0 Å². The molecule has 0 aliphatic heterocycles. The van der Waals surface area contributed by atoms with Crippen molar-refractivity contribution in [2.75, 3.05) is 7.11 Å². The lowest BCUT2D eigenvalue weighted by molar-refractivity contribution is 0.0601. The van der Waals surface area contributed by atoms with Gasteiger partial charge in [-0.15, -0.1) is 0 Å². The number of aromatic nitrogens is 2. The van der Waals surface area contributed by atoms with Crippen LogP contribution < -0.4 is 0 Å². The van der Waals surface area contributed by atoms with Crippen molar-refractivity contribution in [1.82, 2.24) is 9.78 Å². The fraction of sp³-hybridized carbons (Fsp3) is 0.385. The van der Waals surface area contributed by atoms with Crippen LogP contribution in [0.5, 0.6) is 0 Å². The summed E-state index contributed by atoms with van der Waals surface area (Å²) >= 11 is 0. The number of ether oxygens (including phenoxy) is 1. The van der Waals surface area contributed by atoms with Gasteiger partial charge in [-0.25, -0.2) is 4.79 Å². The third kappa shape index (κ3) is 1.69. The van der Waals surface area contributed by atoms with E-state index in [9.17, 15) is 4.79 Å². The van der Waals surface area contributed by atoms with E-state index in [0.717, 1.165) is 10.9 Å². The molecule has 1 aromatic carbocycles. The Morgan fingerprint density at radius 3 is 2.94 bits per heavy atom. The van der Waals surface area contributed by atoms with Gasteiger partial charge in [-0.2, -0.15) is 5.10 Å². The van der Waals surface area contributed by atoms with Crippen molar-refractivity contribution in [1.29, 1.82) is 0 Å². The van der Waals surface area contributed by atoms with Crippen LogP contribution in [0.3, 0.4) is 0 Å². The van der Waals surface area contributed by atoms with E-state index in [-0.39, 0.29) is 5.97 Å². The molecule has 0 N–H and O–H groups in total. The number of carbonyl (C=O) groups excluding carboxylic acids is 1. The van der Waals surface area contributed by atoms with Gasteiger partial charge < -0.3 is 4.74 Å². The second kappa shape index (κ2) is 3.87. The van der Waals surface area contributed by atoms with Crippen molar-refractivity contribution in [2.45, 2.75) is 25.3 Å². The molecule has 1 heterocycles. The number of esters is 1. The normalized spacial score (nSPS) is 15.8. The molecule has 1 aliphatic rings. The molecular weight excluding hydrogens is 216 g/mol. The van der Waals surface area contributed by atoms with E-state index >= 15 is 0 Å². The molecule has 0 amide bonds. The molecule has 0 spiro atoms. The first kappa shape index (κ1) is 10.3. The summed E-state index contributed by atoms with van der Waals surface area (Å²) in [6, 6.07) is 6.03. The minimum absolute atomic E-state index is 0.315. The van der Waals surface area contributed by atoms with Crippen LogP contribution in [0.1, 0.15) is 35.7 Å². The summed E-state index contributed by atoms with van der Waals surface area (Å²) in [7, 11) is 1.39. The van der Waals surface area contributed by atoms with Crippen LogP contribution in [-0.2, 0) is 4.74 Å². The standard InChI is InChI=1S/C13H14N2O2/c1-17-13(16)9-5-6-10-8-15(11-3-2-4-11)14-12(10)7-9/h5-8,11H,2-4H2,1H3. The first-order valence-electron chi connectivity index (χ1n) is 5.85. The maximum absolute atomic E-state index is 11.4. The van der Waals surface area contributed by atoms with Gasteiger partial charge in [0.15, 0.2) is 0 Å². The zero-order valence-electron chi connectivity index (χ0n) is 9.72. The van der Waals surface area contributed by atoms with Crippen molar-refractivity contribution < 1.29 is 9.53 Å². The molecule has 4 heteroatoms. The monoisotopic (exact) mass is 230 g/mol. The van der Waals surface area contributed by atoms with Gasteiger partial charge >= 0.3 is 5.97 Å². The van der Waals surface area contributed by atoms with Gasteiger partial charge in [-0.3, -0.25) is 4.68 Å². The first-order valence-corrected chi connectivity index (χ1v) is 5.85. The van der Waals surface area contributed by atoms with E-state index in [0.29, 0.717) is 11.6 Å². The van der Waals surface area contributed by atoms with Gasteiger partial charge in [0, 0.05) is 11.6 Å². The molecule has 0 radical (unpaired) electrons. The predicted molar refractivity (Wildman–Crippen MR) is 64.0 cm³/mol. The molecule has 2 aromatic rings. The molecule has 0 unspecified atom stereocenters. The zero-order chi connectivity index (χ0) is 11.8. The highest BCUT2D eigenvalue weighted by Crippen LogP contribution is 2.32. The highest BCUT2D eigenvalue weighted by molar-refractivity contribution is 5.94. The molecule has 1 saturated carbocycles. The topological polar surface area (TPSA) is 44.1 Å². The molecule has 0 saturated heterocycles. The lowest BCUT2D eigenvalue weighted by Gasteiger charge is -2.25. The van der Waals surface area contributed by atoms with E-state index in [1.807, 2.05) is 10.7 Å². The fourth-order valence-electron chi connectivity index (χ4n) is 2.12. The van der Waals surface area contributed by atoms with E-state index in [1.165, 1.54) is 26.4 Å². The van der Waals surface area contributed by atoms with Crippen LogP contribution in [0.2, 0.25) is 0 Å². The number of rotatable bonds is 2. The van der Waals surface area contributed by atoms with E-state index < -0.39 is 0 Å². The van der Waals surface area contributed by atoms with Crippen molar-refractivity contribution in [3.63, 3.8) is 0 Å². The number of methoxy groups -OCH3 is 1. The Labute approximate surface area is 99.2 Å². The molecule has 4 nitrogen and oxygen atoms in total. The number of carbonyl (C=O) groups is 1. The molecule has 0 atom stereocenters. The summed E-state index contributed by atoms with van der Waals surface area (Å²) < 4.78 is 6.72. The van der Waals surface area contributed by atoms with Crippen LogP contribution in [-0.4, -0.2) is 22.9 Å². The quantitative estimate of drug-likeness (QED) is 0.745. The molecule has 1 aromatic heterocycles. The number of benzene rings is 1. The van der Waals surface area contributed by atoms with E-state index in [4.69, 9.17) is 4.74 Å². The lowest BCUT2D eigenvalue weighted by atomic mass is 9.93. The molecule has 88 valence electrons. The predicted octanol–water partition coefficient (Wildman–Crippen LogP) is 2.55. The van der Waals surface area contributed by atoms with Crippen LogP contribution in [0, 0.1) is 0 Å². The number of hydrogen-bond acceptors (Lipinski definition) is 3. The van der Waals surface area contributed by atoms with E-state index in [1.54, 1.807) is 12.1 Å². The molecular formula is C13H14N2O2. The fourth-order valence-corrected chi connectivity index (χ4v) is 2.12. The van der Waals surface area contributed by atoms with Crippen LogP contribution in [0.4, 0.5) is 0 Å². The Kier molecular flexibility index (Phi) is 2.35. The summed E-state index contributed by atoms with van der Waals surface area (Å²) in [5, 5.41) is 5.59. The lowest BCUT2D eigenvalue weighted by Crippen LogP contribution is -2.17. The molecule has 1 fully saturated rings. The van der Waals surface area contributed by atoms with Gasteiger partial charge in [0.2, 0.25) is 0 Å². The van der Waals surface area contributed by atoms with Crippen LogP contribution in [0.25, 0.3) is 10.9 Å². The summed E-state index contributed by atoms with van der Waals surface area (Å²) in [6.07, 6.45) is 5.75. The van der Waals surface area contributed by atoms with Gasteiger partial charge in [0.05, 0.1) is 24.2 Å². The second-order valence-electron chi connectivity index (χ2n) is 4.46. The summed E-state index contributed by atoms with van der Waals surface area (Å²) in [5.41, 5.74) is 1.42. The Morgan fingerprint density at radius 1 is 1.47 bits per heavy atom. The minimum Gasteiger partial charge on any atom is -0.465 e. The molecule has 1 aliphatic carbocycles. The highest BCUT2D eigenvalue weighted by Gasteiger charge is 2.20. The Bertz CT molecular complexity index is 570. The molecule has 0 bridgehead atoms. The maximum Gasteiger partial charge on any atom is 0.337 e. The summed E-state index contributed by atoms with van der Waals surface area (Å²) in [4.78, 5) is 11.4. The van der Waals surface area contributed by atoms with Crippen LogP contribution >= 0.6 is 0 Å². The summed E-state index contributed by atoms with van der Waals surface area (Å²) in [5.74, 6) is -0.315. The van der Waals surface area contributed by atoms with Gasteiger partial charge in [0.1, 0.15) is 0 Å². The molecule has 17 heavy (non-hydrogen) atoms. The summed E-state index contributed by atoms with van der Waals surface area (Å²) in [6.45, 7) is 0. The van der Waals surface area contributed by atoms with Gasteiger partial charge in [0.25, 0.3) is 0 Å². The maximum atomic E-state index is 11.4. The van der Waals surface area contributed by atoms with Crippen LogP contribution in [0.15, 0.2) is 24.4 Å². The Balaban J connectivity index is 2.00. The first-order chi connectivity index (χ1) is 8.28. The highest BCUT2D eigenvalue weighted by atomic mass is 16.5. The number of fused-ring (bicyclic) bond motifs is 1. The Morgan fingerprint density at radius 2 is 2.29 bits per heavy atom. The zero-order valence-corrected chi connectivity index (χ0v) is 9.72. The second-order valence-corrected chi connectivity index (χ2v) is 4.46. The number of nitrogens with zero attached hydrogens (tertiary/aromatic N) is 2. The smallest absolute Gasteiger partial charge is 0.337 e. The van der Waals surface area contributed by atoms with Gasteiger partial charge in [-0.05, 0) is 31.4 Å². The molecule has 3 rings (SSSR count). The van der Waals surface area contributed by atoms with Crippen molar-refractivity contribution in [3.8, 4) is 0 Å². The minimum atomic E-state index is -0.315. The third-order valence-electron chi connectivity index (χ3n) is 3.39. The Hall–Kier alpha value is -1.84. The number of hydrogen-bond donors (Lipinski definition) is 0. The largest absolute Gasteiger partial charge is 0.465 e. The SMILES string of the molecule is COC(=O)c1ccc2cn(C3CCC3)nc2c1. The average molecular weight is 230 g/mol. The van der Waals surface area contributed by atoms with Crippen molar-refractivity contribution >= 4 is 16.9 Å². The average Bonchev–Trinajstić information content (AvgIpc) is 2.67. The third-order valence-corrected chi connectivity index (χ3v) is 3.39. The van der Waals surface area contributed by atoms with E-state index in [2.05, 4.69) is 11.3 Å².